The summed E-state index contributed by atoms with van der Waals surface area (Å²) in [5.74, 6) is 0.490. The van der Waals surface area contributed by atoms with Crippen molar-refractivity contribution in [3.63, 3.8) is 0 Å². The third-order valence-electron chi connectivity index (χ3n) is 5.22. The molecule has 2 N–H and O–H groups in total. The van der Waals surface area contributed by atoms with E-state index < -0.39 is 0 Å². The van der Waals surface area contributed by atoms with E-state index >= 15 is 0 Å². The Morgan fingerprint density at radius 1 is 1.12 bits per heavy atom. The van der Waals surface area contributed by atoms with Gasteiger partial charge in [0.15, 0.2) is 11.0 Å². The van der Waals surface area contributed by atoms with E-state index in [0.717, 1.165) is 42.5 Å². The van der Waals surface area contributed by atoms with Crippen LogP contribution >= 0.6 is 11.8 Å². The molecule has 1 saturated carbocycles. The highest BCUT2D eigenvalue weighted by atomic mass is 32.2. The number of aromatic nitrogens is 4. The molecule has 0 atom stereocenters. The lowest BCUT2D eigenvalue weighted by Crippen LogP contribution is -2.33. The first kappa shape index (κ1) is 22.0. The molecule has 0 saturated heterocycles. The average molecular weight is 451 g/mol. The fourth-order valence-corrected chi connectivity index (χ4v) is 4.44. The minimum atomic E-state index is -0.209. The molecule has 8 nitrogen and oxygen atoms in total. The predicted octanol–water partition coefficient (Wildman–Crippen LogP) is 3.44. The van der Waals surface area contributed by atoms with Gasteiger partial charge in [-0.05, 0) is 49.6 Å². The number of amides is 2. The Labute approximate surface area is 191 Å². The molecule has 1 aliphatic carbocycles. The van der Waals surface area contributed by atoms with Crippen LogP contribution in [0.3, 0.4) is 0 Å². The number of carbonyl (C=O) groups excluding carboxylic acids is 2. The standard InChI is InChI=1S/C23H26N6O2S/c1-16-5-4-8-19(13-16)26-20(30)14-29-23(27-22(28-29)17-9-11-24-12-10-17)32-15-21(31)25-18-6-2-3-7-18/h4-5,8-13,18H,2-3,6-7,14-15H2,1H3,(H,25,31)(H,26,30). The lowest BCUT2D eigenvalue weighted by atomic mass is 10.2. The van der Waals surface area contributed by atoms with E-state index in [1.54, 1.807) is 17.1 Å². The molecule has 0 aliphatic heterocycles. The molecule has 0 spiro atoms. The smallest absolute Gasteiger partial charge is 0.246 e. The first-order chi connectivity index (χ1) is 15.6. The van der Waals surface area contributed by atoms with Crippen molar-refractivity contribution >= 4 is 29.3 Å². The maximum Gasteiger partial charge on any atom is 0.246 e. The van der Waals surface area contributed by atoms with Gasteiger partial charge in [-0.2, -0.15) is 0 Å². The summed E-state index contributed by atoms with van der Waals surface area (Å²) in [5, 5.41) is 11.0. The van der Waals surface area contributed by atoms with Crippen molar-refractivity contribution in [2.45, 2.75) is 50.4 Å². The monoisotopic (exact) mass is 450 g/mol. The number of hydrogen-bond acceptors (Lipinski definition) is 6. The lowest BCUT2D eigenvalue weighted by Gasteiger charge is -2.11. The highest BCUT2D eigenvalue weighted by molar-refractivity contribution is 7.99. The van der Waals surface area contributed by atoms with Crippen LogP contribution in [-0.2, 0) is 16.1 Å². The van der Waals surface area contributed by atoms with E-state index in [-0.39, 0.29) is 30.2 Å². The summed E-state index contributed by atoms with van der Waals surface area (Å²) in [6.07, 6.45) is 7.75. The number of pyridine rings is 1. The van der Waals surface area contributed by atoms with Gasteiger partial charge < -0.3 is 10.6 Å². The number of nitrogens with one attached hydrogen (secondary N) is 2. The van der Waals surface area contributed by atoms with E-state index in [2.05, 4.69) is 25.7 Å². The van der Waals surface area contributed by atoms with E-state index in [1.165, 1.54) is 11.8 Å². The van der Waals surface area contributed by atoms with Gasteiger partial charge in [0.2, 0.25) is 11.8 Å². The lowest BCUT2D eigenvalue weighted by molar-refractivity contribution is -0.119. The number of aryl methyl sites for hydroxylation is 1. The summed E-state index contributed by atoms with van der Waals surface area (Å²) in [6.45, 7) is 1.97. The van der Waals surface area contributed by atoms with Crippen LogP contribution in [0.2, 0.25) is 0 Å². The summed E-state index contributed by atoms with van der Waals surface area (Å²) >= 11 is 1.29. The van der Waals surface area contributed by atoms with Crippen LogP contribution in [-0.4, -0.2) is 43.4 Å². The van der Waals surface area contributed by atoms with Crippen molar-refractivity contribution in [3.05, 3.63) is 54.4 Å². The van der Waals surface area contributed by atoms with Crippen molar-refractivity contribution < 1.29 is 9.59 Å². The second-order valence-electron chi connectivity index (χ2n) is 7.87. The Hall–Kier alpha value is -3.20. The third-order valence-corrected chi connectivity index (χ3v) is 6.19. The number of rotatable bonds is 8. The Morgan fingerprint density at radius 2 is 1.91 bits per heavy atom. The third kappa shape index (κ3) is 5.94. The SMILES string of the molecule is Cc1cccc(NC(=O)Cn2nc(-c3ccncc3)nc2SCC(=O)NC2CCCC2)c1. The molecule has 0 radical (unpaired) electrons. The molecule has 0 unspecified atom stereocenters. The topological polar surface area (TPSA) is 102 Å². The van der Waals surface area contributed by atoms with Crippen LogP contribution in [0.5, 0.6) is 0 Å². The van der Waals surface area contributed by atoms with Gasteiger partial charge >= 0.3 is 0 Å². The Bertz CT molecular complexity index is 1080. The van der Waals surface area contributed by atoms with Crippen molar-refractivity contribution in [3.8, 4) is 11.4 Å². The first-order valence-electron chi connectivity index (χ1n) is 10.7. The molecule has 2 aromatic heterocycles. The Morgan fingerprint density at radius 3 is 2.66 bits per heavy atom. The minimum Gasteiger partial charge on any atom is -0.353 e. The van der Waals surface area contributed by atoms with Crippen LogP contribution in [0.4, 0.5) is 5.69 Å². The fraction of sp³-hybridized carbons (Fsp3) is 0.348. The van der Waals surface area contributed by atoms with Crippen LogP contribution in [0.25, 0.3) is 11.4 Å². The van der Waals surface area contributed by atoms with Crippen molar-refractivity contribution in [1.29, 1.82) is 0 Å². The fourth-order valence-electron chi connectivity index (χ4n) is 3.69. The largest absolute Gasteiger partial charge is 0.353 e. The van der Waals surface area contributed by atoms with Crippen LogP contribution in [0.15, 0.2) is 53.9 Å². The van der Waals surface area contributed by atoms with Crippen molar-refractivity contribution in [1.82, 2.24) is 25.1 Å². The number of nitrogens with zero attached hydrogens (tertiary/aromatic N) is 4. The number of benzene rings is 1. The van der Waals surface area contributed by atoms with Gasteiger partial charge in [0.25, 0.3) is 0 Å². The van der Waals surface area contributed by atoms with E-state index in [1.807, 2.05) is 43.3 Å². The second-order valence-corrected chi connectivity index (χ2v) is 8.81. The molecule has 4 rings (SSSR count). The van der Waals surface area contributed by atoms with E-state index in [0.29, 0.717) is 11.0 Å². The van der Waals surface area contributed by atoms with E-state index in [9.17, 15) is 9.59 Å². The molecule has 2 heterocycles. The molecule has 1 aliphatic rings. The normalized spacial score (nSPS) is 13.8. The summed E-state index contributed by atoms with van der Waals surface area (Å²) in [5.41, 5.74) is 2.60. The van der Waals surface area contributed by atoms with Gasteiger partial charge in [-0.3, -0.25) is 14.6 Å². The molecule has 0 bridgehead atoms. The Kier molecular flexibility index (Phi) is 7.16. The highest BCUT2D eigenvalue weighted by Gasteiger charge is 2.19. The number of carbonyl (C=O) groups is 2. The van der Waals surface area contributed by atoms with Gasteiger partial charge in [0.05, 0.1) is 5.75 Å². The quantitative estimate of drug-likeness (QED) is 0.510. The zero-order valence-electron chi connectivity index (χ0n) is 18.0. The second kappa shape index (κ2) is 10.4. The van der Waals surface area contributed by atoms with Gasteiger partial charge in [-0.15, -0.1) is 5.10 Å². The molecule has 1 fully saturated rings. The van der Waals surface area contributed by atoms with Gasteiger partial charge in [-0.1, -0.05) is 36.7 Å². The van der Waals surface area contributed by atoms with Crippen molar-refractivity contribution in [2.75, 3.05) is 11.1 Å². The molecule has 9 heteroatoms. The summed E-state index contributed by atoms with van der Waals surface area (Å²) in [7, 11) is 0. The van der Waals surface area contributed by atoms with Crippen LogP contribution in [0.1, 0.15) is 31.2 Å². The number of anilines is 1. The minimum absolute atomic E-state index is 0.00139. The van der Waals surface area contributed by atoms with Crippen LogP contribution < -0.4 is 10.6 Å². The molecule has 32 heavy (non-hydrogen) atoms. The molecular formula is C23H26N6O2S. The molecule has 3 aromatic rings. The molecular weight excluding hydrogens is 424 g/mol. The number of thioether (sulfide) groups is 1. The first-order valence-corrected chi connectivity index (χ1v) is 11.7. The predicted molar refractivity (Wildman–Crippen MR) is 124 cm³/mol. The van der Waals surface area contributed by atoms with Gasteiger partial charge in [0.1, 0.15) is 6.54 Å². The van der Waals surface area contributed by atoms with Gasteiger partial charge in [-0.25, -0.2) is 9.67 Å². The molecule has 1 aromatic carbocycles. The summed E-state index contributed by atoms with van der Waals surface area (Å²) in [4.78, 5) is 33.7. The Balaban J connectivity index is 1.46. The highest BCUT2D eigenvalue weighted by Crippen LogP contribution is 2.22. The maximum atomic E-state index is 12.7. The average Bonchev–Trinajstić information content (AvgIpc) is 3.43. The van der Waals surface area contributed by atoms with E-state index in [4.69, 9.17) is 0 Å². The summed E-state index contributed by atoms with van der Waals surface area (Å²) in [6, 6.07) is 11.5. The zero-order valence-corrected chi connectivity index (χ0v) is 18.8. The summed E-state index contributed by atoms with van der Waals surface area (Å²) < 4.78 is 1.55. The molecule has 166 valence electrons. The zero-order chi connectivity index (χ0) is 22.3. The molecule has 2 amide bonds. The number of hydrogen-bond donors (Lipinski definition) is 2. The van der Waals surface area contributed by atoms with Crippen LogP contribution in [0, 0.1) is 6.92 Å². The maximum absolute atomic E-state index is 12.7. The van der Waals surface area contributed by atoms with Gasteiger partial charge in [0, 0.05) is 29.7 Å². The van der Waals surface area contributed by atoms with Crippen molar-refractivity contribution in [2.24, 2.45) is 0 Å².